The van der Waals surface area contributed by atoms with E-state index in [1.54, 1.807) is 6.07 Å². The van der Waals surface area contributed by atoms with Crippen LogP contribution in [0.1, 0.15) is 39.4 Å². The molecule has 1 aromatic rings. The molecule has 0 aliphatic carbocycles. The summed E-state index contributed by atoms with van der Waals surface area (Å²) in [5.74, 6) is 1.36. The first-order valence-corrected chi connectivity index (χ1v) is 4.54. The molecule has 1 nitrogen and oxygen atoms in total. The minimum Gasteiger partial charge on any atom is -0.449 e. The maximum absolute atomic E-state index is 5.69. The molecule has 0 radical (unpaired) electrons. The summed E-state index contributed by atoms with van der Waals surface area (Å²) in [5.41, 5.74) is 0.223. The molecule has 0 saturated carbocycles. The van der Waals surface area contributed by atoms with Gasteiger partial charge in [0.05, 0.1) is 0 Å². The Kier molecular flexibility index (Phi) is 2.52. The van der Waals surface area contributed by atoms with Crippen LogP contribution in [0.5, 0.6) is 0 Å². The number of hydrogen-bond acceptors (Lipinski definition) is 1. The van der Waals surface area contributed by atoms with E-state index in [1.807, 2.05) is 6.07 Å². The van der Waals surface area contributed by atoms with Gasteiger partial charge in [0.15, 0.2) is 5.22 Å². The molecule has 1 aromatic heterocycles. The van der Waals surface area contributed by atoms with Crippen molar-refractivity contribution in [2.45, 2.75) is 33.6 Å². The quantitative estimate of drug-likeness (QED) is 0.644. The Morgan fingerprint density at radius 3 is 2.25 bits per heavy atom. The minimum absolute atomic E-state index is 0.223. The van der Waals surface area contributed by atoms with Gasteiger partial charge in [0, 0.05) is 5.92 Å². The van der Waals surface area contributed by atoms with E-state index < -0.39 is 0 Å². The number of furan rings is 1. The predicted octanol–water partition coefficient (Wildman–Crippen LogP) is 4.08. The standard InChI is InChI=1S/C10H15ClO/c1-7(10(2,3)4)8-5-6-9(11)12-8/h5-7H,1-4H3/t7-/m0/s1. The van der Waals surface area contributed by atoms with Crippen molar-refractivity contribution < 1.29 is 4.42 Å². The van der Waals surface area contributed by atoms with Gasteiger partial charge < -0.3 is 4.42 Å². The highest BCUT2D eigenvalue weighted by molar-refractivity contribution is 6.28. The van der Waals surface area contributed by atoms with Crippen LogP contribution >= 0.6 is 11.6 Å². The molecule has 0 unspecified atom stereocenters. The minimum atomic E-state index is 0.223. The molecule has 12 heavy (non-hydrogen) atoms. The van der Waals surface area contributed by atoms with Crippen LogP contribution in [0.3, 0.4) is 0 Å². The average molecular weight is 187 g/mol. The molecule has 68 valence electrons. The van der Waals surface area contributed by atoms with E-state index in [1.165, 1.54) is 0 Å². The lowest BCUT2D eigenvalue weighted by Gasteiger charge is -2.25. The first-order chi connectivity index (χ1) is 5.41. The van der Waals surface area contributed by atoms with Gasteiger partial charge in [-0.05, 0) is 29.1 Å². The highest BCUT2D eigenvalue weighted by Crippen LogP contribution is 2.35. The Hall–Kier alpha value is -0.430. The Labute approximate surface area is 78.7 Å². The third-order valence-electron chi connectivity index (χ3n) is 2.32. The summed E-state index contributed by atoms with van der Waals surface area (Å²) in [5, 5.41) is 0.473. The van der Waals surface area contributed by atoms with Gasteiger partial charge in [-0.3, -0.25) is 0 Å². The van der Waals surface area contributed by atoms with Crippen molar-refractivity contribution in [1.82, 2.24) is 0 Å². The van der Waals surface area contributed by atoms with Gasteiger partial charge in [0.2, 0.25) is 0 Å². The summed E-state index contributed by atoms with van der Waals surface area (Å²) in [6.45, 7) is 8.71. The van der Waals surface area contributed by atoms with Crippen molar-refractivity contribution in [3.05, 3.63) is 23.1 Å². The van der Waals surface area contributed by atoms with Crippen LogP contribution in [0.2, 0.25) is 5.22 Å². The van der Waals surface area contributed by atoms with Crippen molar-refractivity contribution in [1.29, 1.82) is 0 Å². The van der Waals surface area contributed by atoms with E-state index in [0.717, 1.165) is 5.76 Å². The summed E-state index contributed by atoms with van der Waals surface area (Å²) in [4.78, 5) is 0. The van der Waals surface area contributed by atoms with Crippen molar-refractivity contribution in [2.75, 3.05) is 0 Å². The molecule has 2 heteroatoms. The maximum atomic E-state index is 5.69. The molecule has 1 rings (SSSR count). The fraction of sp³-hybridized carbons (Fsp3) is 0.600. The van der Waals surface area contributed by atoms with Gasteiger partial charge in [-0.2, -0.15) is 0 Å². The fourth-order valence-electron chi connectivity index (χ4n) is 0.988. The summed E-state index contributed by atoms with van der Waals surface area (Å²) in [7, 11) is 0. The van der Waals surface area contributed by atoms with E-state index in [0.29, 0.717) is 11.1 Å². The van der Waals surface area contributed by atoms with Crippen LogP contribution in [0.25, 0.3) is 0 Å². The van der Waals surface area contributed by atoms with Crippen molar-refractivity contribution >= 4 is 11.6 Å². The molecule has 0 N–H and O–H groups in total. The average Bonchev–Trinajstić information content (AvgIpc) is 2.32. The number of halogens is 1. The van der Waals surface area contributed by atoms with Gasteiger partial charge in [-0.25, -0.2) is 0 Å². The lowest BCUT2D eigenvalue weighted by Crippen LogP contribution is -2.14. The van der Waals surface area contributed by atoms with E-state index >= 15 is 0 Å². The van der Waals surface area contributed by atoms with Crippen LogP contribution in [0, 0.1) is 5.41 Å². The first-order valence-electron chi connectivity index (χ1n) is 4.16. The summed E-state index contributed by atoms with van der Waals surface area (Å²) in [6, 6.07) is 3.73. The molecule has 0 fully saturated rings. The van der Waals surface area contributed by atoms with Gasteiger partial charge in [-0.15, -0.1) is 0 Å². The van der Waals surface area contributed by atoms with E-state index in [9.17, 15) is 0 Å². The highest BCUT2D eigenvalue weighted by Gasteiger charge is 2.24. The normalized spacial score (nSPS) is 14.8. The number of hydrogen-bond donors (Lipinski definition) is 0. The van der Waals surface area contributed by atoms with E-state index in [-0.39, 0.29) is 5.41 Å². The highest BCUT2D eigenvalue weighted by atomic mass is 35.5. The van der Waals surface area contributed by atoms with Crippen LogP contribution < -0.4 is 0 Å². The van der Waals surface area contributed by atoms with Gasteiger partial charge in [0.1, 0.15) is 5.76 Å². The lowest BCUT2D eigenvalue weighted by atomic mass is 9.81. The molecule has 1 heterocycles. The molecule has 0 aliphatic heterocycles. The monoisotopic (exact) mass is 186 g/mol. The molecular formula is C10H15ClO. The van der Waals surface area contributed by atoms with E-state index in [2.05, 4.69) is 27.7 Å². The third kappa shape index (κ3) is 2.04. The SMILES string of the molecule is C[C@@H](c1ccc(Cl)o1)C(C)(C)C. The molecule has 0 bridgehead atoms. The Balaban J connectivity index is 2.85. The van der Waals surface area contributed by atoms with Crippen molar-refractivity contribution in [2.24, 2.45) is 5.41 Å². The zero-order valence-corrected chi connectivity index (χ0v) is 8.77. The maximum Gasteiger partial charge on any atom is 0.193 e. The first kappa shape index (κ1) is 9.66. The zero-order valence-electron chi connectivity index (χ0n) is 8.02. The molecule has 0 amide bonds. The van der Waals surface area contributed by atoms with Crippen LogP contribution in [0.15, 0.2) is 16.5 Å². The van der Waals surface area contributed by atoms with E-state index in [4.69, 9.17) is 16.0 Å². The summed E-state index contributed by atoms with van der Waals surface area (Å²) < 4.78 is 5.34. The van der Waals surface area contributed by atoms with Crippen LogP contribution in [-0.4, -0.2) is 0 Å². The molecular weight excluding hydrogens is 172 g/mol. The Morgan fingerprint density at radius 2 is 1.92 bits per heavy atom. The van der Waals surface area contributed by atoms with Crippen molar-refractivity contribution in [3.8, 4) is 0 Å². The van der Waals surface area contributed by atoms with Crippen molar-refractivity contribution in [3.63, 3.8) is 0 Å². The second-order valence-corrected chi connectivity index (χ2v) is 4.60. The van der Waals surface area contributed by atoms with Gasteiger partial charge in [-0.1, -0.05) is 27.7 Å². The predicted molar refractivity (Wildman–Crippen MR) is 51.6 cm³/mol. The topological polar surface area (TPSA) is 13.1 Å². The smallest absolute Gasteiger partial charge is 0.193 e. The molecule has 0 spiro atoms. The molecule has 1 atom stereocenters. The second-order valence-electron chi connectivity index (χ2n) is 4.23. The molecule has 0 aliphatic rings. The third-order valence-corrected chi connectivity index (χ3v) is 2.52. The Bertz CT molecular complexity index is 257. The van der Waals surface area contributed by atoms with Crippen LogP contribution in [-0.2, 0) is 0 Å². The zero-order chi connectivity index (χ0) is 9.35. The Morgan fingerprint density at radius 1 is 1.33 bits per heavy atom. The second kappa shape index (κ2) is 3.14. The molecule has 0 saturated heterocycles. The number of rotatable bonds is 1. The summed E-state index contributed by atoms with van der Waals surface area (Å²) in [6.07, 6.45) is 0. The van der Waals surface area contributed by atoms with Gasteiger partial charge >= 0.3 is 0 Å². The molecule has 0 aromatic carbocycles. The largest absolute Gasteiger partial charge is 0.449 e. The summed E-state index contributed by atoms with van der Waals surface area (Å²) >= 11 is 5.69. The van der Waals surface area contributed by atoms with Crippen LogP contribution in [0.4, 0.5) is 0 Å². The lowest BCUT2D eigenvalue weighted by molar-refractivity contribution is 0.297. The van der Waals surface area contributed by atoms with Gasteiger partial charge in [0.25, 0.3) is 0 Å². The fourth-order valence-corrected chi connectivity index (χ4v) is 1.14.